The highest BCUT2D eigenvalue weighted by Crippen LogP contribution is 2.38. The minimum atomic E-state index is -0.472. The second kappa shape index (κ2) is 7.89. The summed E-state index contributed by atoms with van der Waals surface area (Å²) < 4.78 is 5.56. The van der Waals surface area contributed by atoms with Gasteiger partial charge in [0.05, 0.1) is 12.2 Å². The number of halogens is 1. The molecule has 0 saturated carbocycles. The second-order valence-electron chi connectivity index (χ2n) is 5.88. The summed E-state index contributed by atoms with van der Waals surface area (Å²) in [5.74, 6) is 0.110. The molecule has 0 saturated heterocycles. The minimum absolute atomic E-state index is 0.137. The number of carbonyl (C=O) groups excluding carboxylic acids is 2. The van der Waals surface area contributed by atoms with Gasteiger partial charge in [-0.05, 0) is 55.5 Å². The van der Waals surface area contributed by atoms with Gasteiger partial charge in [0.1, 0.15) is 10.8 Å². The molecule has 2 amide bonds. The number of benzene rings is 1. The van der Waals surface area contributed by atoms with Crippen molar-refractivity contribution in [3.05, 3.63) is 45.3 Å². The van der Waals surface area contributed by atoms with Crippen LogP contribution in [0.3, 0.4) is 0 Å². The zero-order valence-corrected chi connectivity index (χ0v) is 15.2. The molecule has 7 heteroatoms. The smallest absolute Gasteiger partial charge is 0.251 e. The summed E-state index contributed by atoms with van der Waals surface area (Å²) in [5.41, 5.74) is 6.99. The van der Waals surface area contributed by atoms with Crippen molar-refractivity contribution in [2.24, 2.45) is 5.73 Å². The molecule has 1 heterocycles. The van der Waals surface area contributed by atoms with E-state index in [4.69, 9.17) is 22.1 Å². The maximum atomic E-state index is 12.1. The summed E-state index contributed by atoms with van der Waals surface area (Å²) in [6, 6.07) is 7.08. The Bertz CT molecular complexity index is 786. The molecule has 5 nitrogen and oxygen atoms in total. The number of ether oxygens (including phenoxy) is 1. The lowest BCUT2D eigenvalue weighted by atomic mass is 10.1. The molecule has 0 bridgehead atoms. The zero-order valence-electron chi connectivity index (χ0n) is 13.6. The van der Waals surface area contributed by atoms with Crippen LogP contribution in [-0.4, -0.2) is 18.4 Å². The number of hydrogen-bond acceptors (Lipinski definition) is 4. The fourth-order valence-corrected chi connectivity index (χ4v) is 4.33. The van der Waals surface area contributed by atoms with Gasteiger partial charge in [0.25, 0.3) is 5.91 Å². The van der Waals surface area contributed by atoms with E-state index in [-0.39, 0.29) is 5.91 Å². The van der Waals surface area contributed by atoms with Crippen LogP contribution in [0.1, 0.15) is 40.1 Å². The van der Waals surface area contributed by atoms with Gasteiger partial charge >= 0.3 is 0 Å². The number of carbonyl (C=O) groups is 2. The Morgan fingerprint density at radius 1 is 1.24 bits per heavy atom. The van der Waals surface area contributed by atoms with E-state index in [1.54, 1.807) is 24.3 Å². The van der Waals surface area contributed by atoms with Gasteiger partial charge in [0, 0.05) is 16.3 Å². The molecule has 1 aliphatic rings. The van der Waals surface area contributed by atoms with E-state index in [0.29, 0.717) is 35.0 Å². The molecule has 0 aliphatic heterocycles. The molecule has 132 valence electrons. The van der Waals surface area contributed by atoms with Crippen LogP contribution in [0.15, 0.2) is 24.3 Å². The van der Waals surface area contributed by atoms with Gasteiger partial charge in [-0.15, -0.1) is 11.3 Å². The van der Waals surface area contributed by atoms with E-state index >= 15 is 0 Å². The molecular formula is C18H19ClN2O3S. The van der Waals surface area contributed by atoms with E-state index in [0.717, 1.165) is 35.5 Å². The standard InChI is InChI=1S/C18H19ClN2O3S/c19-11-6-8-12(9-7-11)24-10-2-5-15(22)21-18-16(17(20)23)13-3-1-4-14(13)25-18/h6-9H,1-5,10H2,(H2,20,23)(H,21,22). The van der Waals surface area contributed by atoms with Crippen molar-refractivity contribution in [2.75, 3.05) is 11.9 Å². The van der Waals surface area contributed by atoms with Gasteiger partial charge in [-0.3, -0.25) is 9.59 Å². The molecule has 3 N–H and O–H groups in total. The quantitative estimate of drug-likeness (QED) is 0.719. The van der Waals surface area contributed by atoms with Crippen LogP contribution in [0.2, 0.25) is 5.02 Å². The number of nitrogens with two attached hydrogens (primary N) is 1. The lowest BCUT2D eigenvalue weighted by Gasteiger charge is -2.07. The molecule has 1 aromatic heterocycles. The van der Waals surface area contributed by atoms with Gasteiger partial charge in [-0.1, -0.05) is 11.6 Å². The molecule has 3 rings (SSSR count). The van der Waals surface area contributed by atoms with E-state index in [9.17, 15) is 9.59 Å². The molecular weight excluding hydrogens is 360 g/mol. The summed E-state index contributed by atoms with van der Waals surface area (Å²) >= 11 is 7.28. The summed E-state index contributed by atoms with van der Waals surface area (Å²) in [6.45, 7) is 0.429. The average Bonchev–Trinajstić information content (AvgIpc) is 3.13. The van der Waals surface area contributed by atoms with Crippen molar-refractivity contribution in [3.63, 3.8) is 0 Å². The lowest BCUT2D eigenvalue weighted by Crippen LogP contribution is -2.18. The molecule has 1 aliphatic carbocycles. The Labute approximate surface area is 155 Å². The van der Waals surface area contributed by atoms with Crippen molar-refractivity contribution in [3.8, 4) is 5.75 Å². The Balaban J connectivity index is 1.50. The summed E-state index contributed by atoms with van der Waals surface area (Å²) in [7, 11) is 0. The number of anilines is 1. The van der Waals surface area contributed by atoms with Crippen molar-refractivity contribution >= 4 is 39.8 Å². The highest BCUT2D eigenvalue weighted by Gasteiger charge is 2.25. The van der Waals surface area contributed by atoms with Crippen molar-refractivity contribution in [1.29, 1.82) is 0 Å². The SMILES string of the molecule is NC(=O)c1c(NC(=O)CCCOc2ccc(Cl)cc2)sc2c1CCC2. The highest BCUT2D eigenvalue weighted by molar-refractivity contribution is 7.17. The Kier molecular flexibility index (Phi) is 5.60. The van der Waals surface area contributed by atoms with Crippen molar-refractivity contribution in [1.82, 2.24) is 0 Å². The number of primary amides is 1. The van der Waals surface area contributed by atoms with Gasteiger partial charge in [0.15, 0.2) is 0 Å². The van der Waals surface area contributed by atoms with Crippen LogP contribution in [0.4, 0.5) is 5.00 Å². The van der Waals surface area contributed by atoms with Crippen LogP contribution in [0.5, 0.6) is 5.75 Å². The topological polar surface area (TPSA) is 81.4 Å². The first kappa shape index (κ1) is 17.8. The number of aryl methyl sites for hydroxylation is 1. The van der Waals surface area contributed by atoms with Crippen LogP contribution >= 0.6 is 22.9 Å². The summed E-state index contributed by atoms with van der Waals surface area (Å²) in [4.78, 5) is 25.0. The fraction of sp³-hybridized carbons (Fsp3) is 0.333. The number of fused-ring (bicyclic) bond motifs is 1. The molecule has 0 radical (unpaired) electrons. The third kappa shape index (κ3) is 4.32. The van der Waals surface area contributed by atoms with E-state index in [1.165, 1.54) is 11.3 Å². The highest BCUT2D eigenvalue weighted by atomic mass is 35.5. The lowest BCUT2D eigenvalue weighted by molar-refractivity contribution is -0.116. The van der Waals surface area contributed by atoms with E-state index in [2.05, 4.69) is 5.32 Å². The largest absolute Gasteiger partial charge is 0.494 e. The van der Waals surface area contributed by atoms with Gasteiger partial charge in [0.2, 0.25) is 5.91 Å². The minimum Gasteiger partial charge on any atom is -0.494 e. The first-order valence-electron chi connectivity index (χ1n) is 8.17. The Morgan fingerprint density at radius 3 is 2.72 bits per heavy atom. The van der Waals surface area contributed by atoms with Gasteiger partial charge in [-0.25, -0.2) is 0 Å². The second-order valence-corrected chi connectivity index (χ2v) is 7.42. The number of hydrogen-bond donors (Lipinski definition) is 2. The zero-order chi connectivity index (χ0) is 17.8. The van der Waals surface area contributed by atoms with E-state index in [1.807, 2.05) is 0 Å². The van der Waals surface area contributed by atoms with Gasteiger partial charge < -0.3 is 15.8 Å². The first-order chi connectivity index (χ1) is 12.0. The van der Waals surface area contributed by atoms with Crippen LogP contribution < -0.4 is 15.8 Å². The molecule has 25 heavy (non-hydrogen) atoms. The molecule has 1 aromatic carbocycles. The monoisotopic (exact) mass is 378 g/mol. The van der Waals surface area contributed by atoms with E-state index < -0.39 is 5.91 Å². The molecule has 0 atom stereocenters. The van der Waals surface area contributed by atoms with Crippen molar-refractivity contribution in [2.45, 2.75) is 32.1 Å². The predicted octanol–water partition coefficient (Wildman–Crippen LogP) is 3.79. The number of thiophene rings is 1. The van der Waals surface area contributed by atoms with Crippen LogP contribution in [-0.2, 0) is 17.6 Å². The summed E-state index contributed by atoms with van der Waals surface area (Å²) in [6.07, 6.45) is 3.73. The Hall–Kier alpha value is -2.05. The number of amides is 2. The van der Waals surface area contributed by atoms with Crippen LogP contribution in [0, 0.1) is 0 Å². The number of nitrogens with one attached hydrogen (secondary N) is 1. The third-order valence-electron chi connectivity index (χ3n) is 4.05. The predicted molar refractivity (Wildman–Crippen MR) is 99.7 cm³/mol. The Morgan fingerprint density at radius 2 is 2.00 bits per heavy atom. The number of rotatable bonds is 7. The fourth-order valence-electron chi connectivity index (χ4n) is 2.90. The molecule has 0 fully saturated rings. The first-order valence-corrected chi connectivity index (χ1v) is 9.36. The molecule has 0 spiro atoms. The maximum Gasteiger partial charge on any atom is 0.251 e. The normalized spacial score (nSPS) is 12.7. The molecule has 0 unspecified atom stereocenters. The van der Waals surface area contributed by atoms with Gasteiger partial charge in [-0.2, -0.15) is 0 Å². The molecule has 2 aromatic rings. The third-order valence-corrected chi connectivity index (χ3v) is 5.51. The average molecular weight is 379 g/mol. The summed E-state index contributed by atoms with van der Waals surface area (Å²) in [5, 5.41) is 4.07. The van der Waals surface area contributed by atoms with Crippen LogP contribution in [0.25, 0.3) is 0 Å². The maximum absolute atomic E-state index is 12.1. The van der Waals surface area contributed by atoms with Crippen molar-refractivity contribution < 1.29 is 14.3 Å².